The van der Waals surface area contributed by atoms with E-state index in [2.05, 4.69) is 0 Å². The zero-order valence-electron chi connectivity index (χ0n) is 11.5. The number of aliphatic hydroxyl groups is 1. The SMILES string of the molecule is COc1cc(CO)ccc1OCC(=O)c1ccc(F)cc1. The third kappa shape index (κ3) is 3.79. The second kappa shape index (κ2) is 6.85. The summed E-state index contributed by atoms with van der Waals surface area (Å²) in [5, 5.41) is 9.06. The van der Waals surface area contributed by atoms with Crippen LogP contribution in [0.2, 0.25) is 0 Å². The van der Waals surface area contributed by atoms with Gasteiger partial charge in [0.05, 0.1) is 13.7 Å². The minimum absolute atomic E-state index is 0.106. The van der Waals surface area contributed by atoms with Gasteiger partial charge in [-0.2, -0.15) is 0 Å². The minimum atomic E-state index is -0.395. The number of ketones is 1. The molecule has 110 valence electrons. The molecule has 0 saturated carbocycles. The Hall–Kier alpha value is -2.40. The van der Waals surface area contributed by atoms with Crippen LogP contribution in [0.3, 0.4) is 0 Å². The van der Waals surface area contributed by atoms with Crippen LogP contribution in [0, 0.1) is 5.82 Å². The smallest absolute Gasteiger partial charge is 0.200 e. The summed E-state index contributed by atoms with van der Waals surface area (Å²) >= 11 is 0. The predicted octanol–water partition coefficient (Wildman–Crippen LogP) is 2.59. The summed E-state index contributed by atoms with van der Waals surface area (Å²) in [5.41, 5.74) is 1.06. The van der Waals surface area contributed by atoms with E-state index < -0.39 is 5.82 Å². The molecule has 0 fully saturated rings. The Morgan fingerprint density at radius 2 is 1.86 bits per heavy atom. The molecule has 0 amide bonds. The molecule has 0 heterocycles. The molecular formula is C16H15FO4. The summed E-state index contributed by atoms with van der Waals surface area (Å²) < 4.78 is 23.4. The number of ether oxygens (including phenoxy) is 2. The van der Waals surface area contributed by atoms with Gasteiger partial charge in [0.2, 0.25) is 0 Å². The van der Waals surface area contributed by atoms with Gasteiger partial charge in [-0.25, -0.2) is 4.39 Å². The van der Waals surface area contributed by atoms with E-state index in [1.165, 1.54) is 31.4 Å². The Labute approximate surface area is 121 Å². The van der Waals surface area contributed by atoms with Crippen LogP contribution in [-0.4, -0.2) is 24.6 Å². The van der Waals surface area contributed by atoms with Gasteiger partial charge in [-0.05, 0) is 42.0 Å². The van der Waals surface area contributed by atoms with Crippen LogP contribution in [0.5, 0.6) is 11.5 Å². The fraction of sp³-hybridized carbons (Fsp3) is 0.188. The van der Waals surface area contributed by atoms with Crippen LogP contribution in [-0.2, 0) is 6.61 Å². The molecule has 0 radical (unpaired) electrons. The number of rotatable bonds is 6. The van der Waals surface area contributed by atoms with Gasteiger partial charge in [0, 0.05) is 5.56 Å². The van der Waals surface area contributed by atoms with Gasteiger partial charge in [0.1, 0.15) is 5.82 Å². The molecule has 21 heavy (non-hydrogen) atoms. The van der Waals surface area contributed by atoms with E-state index in [0.717, 1.165) is 0 Å². The van der Waals surface area contributed by atoms with Crippen molar-refractivity contribution >= 4 is 5.78 Å². The van der Waals surface area contributed by atoms with Gasteiger partial charge in [-0.15, -0.1) is 0 Å². The van der Waals surface area contributed by atoms with Crippen LogP contribution in [0.15, 0.2) is 42.5 Å². The molecule has 0 atom stereocenters. The number of benzene rings is 2. The first kappa shape index (κ1) is 15.0. The highest BCUT2D eigenvalue weighted by atomic mass is 19.1. The van der Waals surface area contributed by atoms with E-state index in [1.54, 1.807) is 18.2 Å². The molecule has 2 rings (SSSR count). The van der Waals surface area contributed by atoms with Crippen LogP contribution in [0.1, 0.15) is 15.9 Å². The first-order valence-electron chi connectivity index (χ1n) is 6.33. The average molecular weight is 290 g/mol. The van der Waals surface area contributed by atoms with Crippen molar-refractivity contribution in [3.8, 4) is 11.5 Å². The van der Waals surface area contributed by atoms with Crippen molar-refractivity contribution < 1.29 is 23.8 Å². The fourth-order valence-corrected chi connectivity index (χ4v) is 1.79. The third-order valence-corrected chi connectivity index (χ3v) is 2.94. The molecule has 0 bridgehead atoms. The molecule has 0 aliphatic carbocycles. The average Bonchev–Trinajstić information content (AvgIpc) is 2.53. The molecule has 0 spiro atoms. The van der Waals surface area contributed by atoms with Gasteiger partial charge < -0.3 is 14.6 Å². The number of Topliss-reactive ketones (excluding diaryl/α,β-unsaturated/α-hetero) is 1. The van der Waals surface area contributed by atoms with Crippen LogP contribution in [0.25, 0.3) is 0 Å². The van der Waals surface area contributed by atoms with E-state index in [-0.39, 0.29) is 19.0 Å². The van der Waals surface area contributed by atoms with Gasteiger partial charge in [0.15, 0.2) is 23.9 Å². The molecule has 2 aromatic rings. The van der Waals surface area contributed by atoms with Crippen molar-refractivity contribution in [2.24, 2.45) is 0 Å². The fourth-order valence-electron chi connectivity index (χ4n) is 1.79. The Morgan fingerprint density at radius 3 is 2.48 bits per heavy atom. The van der Waals surface area contributed by atoms with Gasteiger partial charge >= 0.3 is 0 Å². The number of halogens is 1. The normalized spacial score (nSPS) is 10.2. The zero-order chi connectivity index (χ0) is 15.2. The Balaban J connectivity index is 2.05. The van der Waals surface area contributed by atoms with E-state index >= 15 is 0 Å². The van der Waals surface area contributed by atoms with Crippen molar-refractivity contribution in [2.75, 3.05) is 13.7 Å². The largest absolute Gasteiger partial charge is 0.493 e. The molecule has 1 N–H and O–H groups in total. The lowest BCUT2D eigenvalue weighted by Crippen LogP contribution is -2.12. The van der Waals surface area contributed by atoms with Crippen molar-refractivity contribution in [2.45, 2.75) is 6.61 Å². The summed E-state index contributed by atoms with van der Waals surface area (Å²) in [4.78, 5) is 11.9. The summed E-state index contributed by atoms with van der Waals surface area (Å²) in [6.45, 7) is -0.286. The van der Waals surface area contributed by atoms with E-state index in [9.17, 15) is 9.18 Å². The van der Waals surface area contributed by atoms with Crippen molar-refractivity contribution in [1.82, 2.24) is 0 Å². The van der Waals surface area contributed by atoms with Crippen LogP contribution < -0.4 is 9.47 Å². The molecule has 0 aliphatic heterocycles. The van der Waals surface area contributed by atoms with Crippen molar-refractivity contribution in [3.63, 3.8) is 0 Å². The lowest BCUT2D eigenvalue weighted by Gasteiger charge is -2.11. The highest BCUT2D eigenvalue weighted by Crippen LogP contribution is 2.28. The van der Waals surface area contributed by atoms with Gasteiger partial charge in [0.25, 0.3) is 0 Å². The molecule has 2 aromatic carbocycles. The summed E-state index contributed by atoms with van der Waals surface area (Å²) in [6.07, 6.45) is 0. The summed E-state index contributed by atoms with van der Waals surface area (Å²) in [7, 11) is 1.48. The Morgan fingerprint density at radius 1 is 1.14 bits per heavy atom. The van der Waals surface area contributed by atoms with E-state index in [4.69, 9.17) is 14.6 Å². The van der Waals surface area contributed by atoms with Crippen molar-refractivity contribution in [1.29, 1.82) is 0 Å². The van der Waals surface area contributed by atoms with E-state index in [1.807, 2.05) is 0 Å². The molecule has 5 heteroatoms. The molecular weight excluding hydrogens is 275 g/mol. The number of methoxy groups -OCH3 is 1. The van der Waals surface area contributed by atoms with Gasteiger partial charge in [-0.3, -0.25) is 4.79 Å². The number of carbonyl (C=O) groups excluding carboxylic acids is 1. The zero-order valence-corrected chi connectivity index (χ0v) is 11.5. The first-order valence-corrected chi connectivity index (χ1v) is 6.33. The summed E-state index contributed by atoms with van der Waals surface area (Å²) in [5.74, 6) is 0.190. The highest BCUT2D eigenvalue weighted by molar-refractivity contribution is 5.97. The Kier molecular flexibility index (Phi) is 4.90. The maximum Gasteiger partial charge on any atom is 0.200 e. The van der Waals surface area contributed by atoms with E-state index in [0.29, 0.717) is 22.6 Å². The number of hydrogen-bond donors (Lipinski definition) is 1. The maximum atomic E-state index is 12.8. The number of aliphatic hydroxyl groups excluding tert-OH is 1. The monoisotopic (exact) mass is 290 g/mol. The third-order valence-electron chi connectivity index (χ3n) is 2.94. The number of carbonyl (C=O) groups is 1. The molecule has 0 aromatic heterocycles. The highest BCUT2D eigenvalue weighted by Gasteiger charge is 2.10. The molecule has 0 aliphatic rings. The lowest BCUT2D eigenvalue weighted by atomic mass is 10.1. The van der Waals surface area contributed by atoms with Crippen LogP contribution >= 0.6 is 0 Å². The number of hydrogen-bond acceptors (Lipinski definition) is 4. The molecule has 0 unspecified atom stereocenters. The van der Waals surface area contributed by atoms with Gasteiger partial charge in [-0.1, -0.05) is 6.07 Å². The standard InChI is InChI=1S/C16H15FO4/c1-20-16-8-11(9-18)2-7-15(16)21-10-14(19)12-3-5-13(17)6-4-12/h2-8,18H,9-10H2,1H3. The molecule has 0 saturated heterocycles. The second-order valence-corrected chi connectivity index (χ2v) is 4.36. The summed E-state index contributed by atoms with van der Waals surface area (Å²) in [6, 6.07) is 10.2. The van der Waals surface area contributed by atoms with Crippen molar-refractivity contribution in [3.05, 3.63) is 59.4 Å². The first-order chi connectivity index (χ1) is 10.1. The topological polar surface area (TPSA) is 55.8 Å². The minimum Gasteiger partial charge on any atom is -0.493 e. The quantitative estimate of drug-likeness (QED) is 0.831. The molecule has 4 nitrogen and oxygen atoms in total. The second-order valence-electron chi connectivity index (χ2n) is 4.36. The maximum absolute atomic E-state index is 12.8. The van der Waals surface area contributed by atoms with Crippen LogP contribution in [0.4, 0.5) is 4.39 Å². The lowest BCUT2D eigenvalue weighted by molar-refractivity contribution is 0.0919. The Bertz CT molecular complexity index is 623. The predicted molar refractivity (Wildman–Crippen MR) is 75.1 cm³/mol.